The van der Waals surface area contributed by atoms with E-state index in [1.54, 1.807) is 0 Å². The van der Waals surface area contributed by atoms with Crippen LogP contribution < -0.4 is 29.6 Å². The van der Waals surface area contributed by atoms with Crippen LogP contribution >= 0.6 is 0 Å². The summed E-state index contributed by atoms with van der Waals surface area (Å²) in [6, 6.07) is 0. The Morgan fingerprint density at radius 3 is 1.39 bits per heavy atom. The summed E-state index contributed by atoms with van der Waals surface area (Å²) in [5.74, 6) is 0. The van der Waals surface area contributed by atoms with Crippen LogP contribution in [0.15, 0.2) is 0 Å². The van der Waals surface area contributed by atoms with E-state index in [2.05, 4.69) is 13.8 Å². The normalized spacial score (nSPS) is 12.7. The van der Waals surface area contributed by atoms with Gasteiger partial charge in [-0.25, -0.2) is 8.42 Å². The van der Waals surface area contributed by atoms with Crippen molar-refractivity contribution >= 4 is 10.1 Å². The van der Waals surface area contributed by atoms with Gasteiger partial charge in [-0.2, -0.15) is 0 Å². The van der Waals surface area contributed by atoms with Crippen LogP contribution in [0, 0.1) is 0 Å². The summed E-state index contributed by atoms with van der Waals surface area (Å²) in [5, 5.41) is 0. The summed E-state index contributed by atoms with van der Waals surface area (Å²) < 4.78 is 39.4. The number of hydrogen-bond acceptors (Lipinski definition) is 4. The molecular weight excluding hydrogens is 383 g/mol. The Bertz CT molecular complexity index is 401. The van der Waals surface area contributed by atoms with Gasteiger partial charge in [-0.15, -0.1) is 0 Å². The van der Waals surface area contributed by atoms with Crippen molar-refractivity contribution in [3.05, 3.63) is 0 Å². The van der Waals surface area contributed by atoms with Crippen LogP contribution in [0.2, 0.25) is 0 Å². The van der Waals surface area contributed by atoms with Gasteiger partial charge in [-0.3, -0.25) is 0 Å². The second-order valence-corrected chi connectivity index (χ2v) is 9.40. The van der Waals surface area contributed by atoms with Gasteiger partial charge in [-0.05, 0) is 19.3 Å². The van der Waals surface area contributed by atoms with Gasteiger partial charge in [0.2, 0.25) is 0 Å². The number of rotatable bonds is 21. The van der Waals surface area contributed by atoms with Gasteiger partial charge >= 0.3 is 29.6 Å². The van der Waals surface area contributed by atoms with Crippen molar-refractivity contribution in [3.63, 3.8) is 0 Å². The maximum Gasteiger partial charge on any atom is 1.00 e. The third-order valence-corrected chi connectivity index (χ3v) is 6.18. The zero-order chi connectivity index (χ0) is 20.2. The van der Waals surface area contributed by atoms with E-state index in [9.17, 15) is 13.0 Å². The summed E-state index contributed by atoms with van der Waals surface area (Å²) >= 11 is 0. The fourth-order valence-corrected chi connectivity index (χ4v) is 4.10. The second-order valence-electron chi connectivity index (χ2n) is 7.89. The SMILES string of the molecule is CCCCCCCCCCCCCCOC(CCCCCCC)S(=O)(=O)[O-].[Na+]. The van der Waals surface area contributed by atoms with Gasteiger partial charge < -0.3 is 9.29 Å². The van der Waals surface area contributed by atoms with Gasteiger partial charge in [0.1, 0.15) is 15.6 Å². The molecule has 1 atom stereocenters. The second kappa shape index (κ2) is 22.6. The van der Waals surface area contributed by atoms with Gasteiger partial charge in [0, 0.05) is 6.61 Å². The van der Waals surface area contributed by atoms with E-state index < -0.39 is 15.6 Å². The monoisotopic (exact) mass is 428 g/mol. The number of unbranched alkanes of at least 4 members (excludes halogenated alkanes) is 15. The fourth-order valence-electron chi connectivity index (χ4n) is 3.38. The van der Waals surface area contributed by atoms with Crippen molar-refractivity contribution in [1.29, 1.82) is 0 Å². The Labute approximate surface area is 198 Å². The Kier molecular flexibility index (Phi) is 25.0. The Morgan fingerprint density at radius 2 is 1.00 bits per heavy atom. The van der Waals surface area contributed by atoms with Crippen LogP contribution in [0.1, 0.15) is 129 Å². The molecule has 0 heterocycles. The molecule has 6 heteroatoms. The Hall–Kier alpha value is 0.870. The zero-order valence-corrected chi connectivity index (χ0v) is 21.9. The van der Waals surface area contributed by atoms with Gasteiger partial charge in [0.05, 0.1) is 0 Å². The molecule has 0 bridgehead atoms. The molecule has 0 aromatic rings. The Morgan fingerprint density at radius 1 is 0.643 bits per heavy atom. The predicted molar refractivity (Wildman–Crippen MR) is 114 cm³/mol. The smallest absolute Gasteiger partial charge is 0.746 e. The topological polar surface area (TPSA) is 66.4 Å². The van der Waals surface area contributed by atoms with Gasteiger partial charge in [0.15, 0.2) is 0 Å². The van der Waals surface area contributed by atoms with Crippen LogP contribution in [-0.4, -0.2) is 25.0 Å². The minimum atomic E-state index is -4.35. The van der Waals surface area contributed by atoms with Crippen molar-refractivity contribution in [2.45, 2.75) is 135 Å². The van der Waals surface area contributed by atoms with E-state index in [-0.39, 0.29) is 29.6 Å². The molecule has 164 valence electrons. The summed E-state index contributed by atoms with van der Waals surface area (Å²) in [6.45, 7) is 4.78. The molecule has 4 nitrogen and oxygen atoms in total. The van der Waals surface area contributed by atoms with E-state index in [0.29, 0.717) is 13.0 Å². The van der Waals surface area contributed by atoms with E-state index >= 15 is 0 Å². The van der Waals surface area contributed by atoms with Crippen molar-refractivity contribution in [1.82, 2.24) is 0 Å². The number of hydrogen-bond donors (Lipinski definition) is 0. The van der Waals surface area contributed by atoms with Crippen molar-refractivity contribution in [2.75, 3.05) is 6.61 Å². The van der Waals surface area contributed by atoms with Crippen molar-refractivity contribution in [2.24, 2.45) is 0 Å². The first-order chi connectivity index (χ1) is 13.0. The molecule has 0 aliphatic rings. The summed E-state index contributed by atoms with van der Waals surface area (Å²) in [5.41, 5.74) is -1.15. The van der Waals surface area contributed by atoms with Crippen LogP contribution in [0.5, 0.6) is 0 Å². The fraction of sp³-hybridized carbons (Fsp3) is 1.00. The van der Waals surface area contributed by atoms with Crippen LogP contribution in [-0.2, 0) is 14.9 Å². The van der Waals surface area contributed by atoms with E-state index in [4.69, 9.17) is 4.74 Å². The molecule has 0 N–H and O–H groups in total. The summed E-state index contributed by atoms with van der Waals surface area (Å²) in [6.07, 6.45) is 20.6. The first-order valence-corrected chi connectivity index (χ1v) is 13.1. The molecule has 0 aliphatic heterocycles. The third-order valence-electron chi connectivity index (χ3n) is 5.17. The average Bonchev–Trinajstić information content (AvgIpc) is 2.62. The molecule has 0 saturated heterocycles. The number of ether oxygens (including phenoxy) is 1. The molecule has 0 aliphatic carbocycles. The van der Waals surface area contributed by atoms with Crippen molar-refractivity contribution in [3.8, 4) is 0 Å². The van der Waals surface area contributed by atoms with E-state index in [1.807, 2.05) is 0 Å². The van der Waals surface area contributed by atoms with Crippen LogP contribution in [0.3, 0.4) is 0 Å². The molecule has 1 unspecified atom stereocenters. The van der Waals surface area contributed by atoms with E-state index in [1.165, 1.54) is 64.2 Å². The molecular formula is C22H45NaO4S. The maximum absolute atomic E-state index is 11.3. The van der Waals surface area contributed by atoms with Crippen LogP contribution in [0.25, 0.3) is 0 Å². The minimum Gasteiger partial charge on any atom is -0.746 e. The molecule has 0 amide bonds. The molecule has 0 radical (unpaired) electrons. The molecule has 0 saturated carbocycles. The van der Waals surface area contributed by atoms with Gasteiger partial charge in [-0.1, -0.05) is 110 Å². The average molecular weight is 429 g/mol. The van der Waals surface area contributed by atoms with Crippen LogP contribution in [0.4, 0.5) is 0 Å². The van der Waals surface area contributed by atoms with Crippen molar-refractivity contribution < 1.29 is 47.3 Å². The zero-order valence-electron chi connectivity index (χ0n) is 19.1. The quantitative estimate of drug-likeness (QED) is 0.158. The summed E-state index contributed by atoms with van der Waals surface area (Å²) in [7, 11) is -4.35. The predicted octanol–water partition coefficient (Wildman–Crippen LogP) is 3.94. The molecule has 28 heavy (non-hydrogen) atoms. The van der Waals surface area contributed by atoms with Gasteiger partial charge in [0.25, 0.3) is 0 Å². The molecule has 0 fully saturated rings. The van der Waals surface area contributed by atoms with E-state index in [0.717, 1.165) is 44.9 Å². The summed E-state index contributed by atoms with van der Waals surface area (Å²) in [4.78, 5) is 0. The maximum atomic E-state index is 11.3. The Balaban J connectivity index is 0. The first-order valence-electron chi connectivity index (χ1n) is 11.6. The molecule has 0 aromatic heterocycles. The molecule has 0 spiro atoms. The standard InChI is InChI=1S/C22H46O4S.Na/c1-3-5-7-9-10-11-12-13-14-15-17-19-21-26-22(27(23,24)25)20-18-16-8-6-4-2;/h22H,3-21H2,1-2H3,(H,23,24,25);/q;+1/p-1. The molecule has 0 rings (SSSR count). The third kappa shape index (κ3) is 21.6. The largest absolute Gasteiger partial charge is 1.00 e. The first kappa shape index (κ1) is 31.1. The minimum absolute atomic E-state index is 0. The molecule has 0 aromatic carbocycles.